The lowest BCUT2D eigenvalue weighted by Gasteiger charge is -2.07. The van der Waals surface area contributed by atoms with Crippen molar-refractivity contribution in [3.05, 3.63) is 24.5 Å². The molecule has 5 nitrogen and oxygen atoms in total. The quantitative estimate of drug-likeness (QED) is 0.864. The van der Waals surface area contributed by atoms with Gasteiger partial charge in [0.05, 0.1) is 23.9 Å². The van der Waals surface area contributed by atoms with E-state index >= 15 is 0 Å². The highest BCUT2D eigenvalue weighted by atomic mass is 15.2. The number of guanidine groups is 1. The van der Waals surface area contributed by atoms with Crippen molar-refractivity contribution in [2.45, 2.75) is 19.9 Å². The Kier molecular flexibility index (Phi) is 2.88. The second kappa shape index (κ2) is 4.68. The van der Waals surface area contributed by atoms with Gasteiger partial charge in [-0.2, -0.15) is 0 Å². The molecule has 1 aromatic carbocycles. The summed E-state index contributed by atoms with van der Waals surface area (Å²) >= 11 is 0. The van der Waals surface area contributed by atoms with Crippen molar-refractivity contribution in [2.75, 3.05) is 18.4 Å². The molecule has 94 valence electrons. The lowest BCUT2D eigenvalue weighted by atomic mass is 10.2. The highest BCUT2D eigenvalue weighted by Crippen LogP contribution is 2.18. The van der Waals surface area contributed by atoms with Gasteiger partial charge in [0.25, 0.3) is 0 Å². The summed E-state index contributed by atoms with van der Waals surface area (Å²) in [5.41, 5.74) is 3.23. The third-order valence-corrected chi connectivity index (χ3v) is 3.02. The number of hydrogen-bond acceptors (Lipinski definition) is 4. The average molecular weight is 243 g/mol. The zero-order valence-electron chi connectivity index (χ0n) is 10.5. The average Bonchev–Trinajstić information content (AvgIpc) is 3.00. The molecule has 0 saturated heterocycles. The molecule has 0 spiro atoms. The van der Waals surface area contributed by atoms with Crippen LogP contribution in [0, 0.1) is 0 Å². The largest absolute Gasteiger partial charge is 0.354 e. The van der Waals surface area contributed by atoms with Gasteiger partial charge < -0.3 is 15.2 Å². The van der Waals surface area contributed by atoms with E-state index in [0.717, 1.165) is 43.2 Å². The van der Waals surface area contributed by atoms with Crippen LogP contribution in [0.25, 0.3) is 11.0 Å². The molecule has 2 heterocycles. The van der Waals surface area contributed by atoms with Crippen molar-refractivity contribution in [2.24, 2.45) is 4.99 Å². The third-order valence-electron chi connectivity index (χ3n) is 3.02. The van der Waals surface area contributed by atoms with Gasteiger partial charge in [0, 0.05) is 18.8 Å². The molecule has 2 N–H and O–H groups in total. The van der Waals surface area contributed by atoms with Crippen molar-refractivity contribution >= 4 is 22.7 Å². The number of aryl methyl sites for hydroxylation is 1. The van der Waals surface area contributed by atoms with Gasteiger partial charge >= 0.3 is 0 Å². The number of nitrogens with zero attached hydrogens (tertiary/aromatic N) is 3. The zero-order valence-corrected chi connectivity index (χ0v) is 10.5. The maximum Gasteiger partial charge on any atom is 0.195 e. The molecule has 0 aliphatic carbocycles. The predicted octanol–water partition coefficient (Wildman–Crippen LogP) is 1.82. The number of fused-ring (bicyclic) bond motifs is 1. The molecule has 0 saturated carbocycles. The number of anilines is 1. The summed E-state index contributed by atoms with van der Waals surface area (Å²) in [6.07, 6.45) is 3.02. The Balaban J connectivity index is 1.87. The van der Waals surface area contributed by atoms with Crippen LogP contribution in [0.4, 0.5) is 5.69 Å². The molecule has 0 bridgehead atoms. The summed E-state index contributed by atoms with van der Waals surface area (Å²) in [6, 6.07) is 6.23. The smallest absolute Gasteiger partial charge is 0.195 e. The molecule has 0 atom stereocenters. The van der Waals surface area contributed by atoms with E-state index in [1.54, 1.807) is 0 Å². The molecule has 0 amide bonds. The second-order valence-corrected chi connectivity index (χ2v) is 4.42. The molecule has 0 radical (unpaired) electrons. The first-order valence-corrected chi connectivity index (χ1v) is 6.37. The molecule has 1 aliphatic rings. The number of aliphatic imine (C=N–C) groups is 1. The number of benzene rings is 1. The van der Waals surface area contributed by atoms with Gasteiger partial charge in [-0.1, -0.05) is 6.92 Å². The lowest BCUT2D eigenvalue weighted by Crippen LogP contribution is -2.26. The van der Waals surface area contributed by atoms with E-state index in [4.69, 9.17) is 0 Å². The fraction of sp³-hybridized carbons (Fsp3) is 0.385. The van der Waals surface area contributed by atoms with Crippen LogP contribution in [0.3, 0.4) is 0 Å². The van der Waals surface area contributed by atoms with Crippen molar-refractivity contribution in [1.29, 1.82) is 0 Å². The van der Waals surface area contributed by atoms with Crippen LogP contribution < -0.4 is 10.6 Å². The van der Waals surface area contributed by atoms with E-state index in [1.165, 1.54) is 5.52 Å². The van der Waals surface area contributed by atoms with Crippen LogP contribution in [0.2, 0.25) is 0 Å². The Morgan fingerprint density at radius 1 is 1.44 bits per heavy atom. The van der Waals surface area contributed by atoms with Gasteiger partial charge in [0.15, 0.2) is 5.96 Å². The van der Waals surface area contributed by atoms with Crippen molar-refractivity contribution in [3.8, 4) is 0 Å². The second-order valence-electron chi connectivity index (χ2n) is 4.42. The van der Waals surface area contributed by atoms with Gasteiger partial charge in [-0.25, -0.2) is 4.98 Å². The first-order valence-electron chi connectivity index (χ1n) is 6.37. The van der Waals surface area contributed by atoms with Crippen LogP contribution in [0.1, 0.15) is 13.3 Å². The maximum absolute atomic E-state index is 4.44. The first kappa shape index (κ1) is 11.1. The summed E-state index contributed by atoms with van der Waals surface area (Å²) < 4.78 is 2.18. The summed E-state index contributed by atoms with van der Waals surface area (Å²) in [6.45, 7) is 4.94. The van der Waals surface area contributed by atoms with Crippen molar-refractivity contribution < 1.29 is 0 Å². The van der Waals surface area contributed by atoms with E-state index in [2.05, 4.69) is 50.3 Å². The minimum absolute atomic E-state index is 0.843. The molecule has 0 unspecified atom stereocenters. The van der Waals surface area contributed by atoms with Crippen LogP contribution in [-0.2, 0) is 6.54 Å². The minimum atomic E-state index is 0.843. The predicted molar refractivity (Wildman–Crippen MR) is 74.0 cm³/mol. The van der Waals surface area contributed by atoms with Gasteiger partial charge in [-0.3, -0.25) is 4.99 Å². The Morgan fingerprint density at radius 2 is 2.39 bits per heavy atom. The van der Waals surface area contributed by atoms with Crippen LogP contribution in [-0.4, -0.2) is 28.6 Å². The zero-order chi connectivity index (χ0) is 12.4. The number of hydrogen-bond donors (Lipinski definition) is 2. The van der Waals surface area contributed by atoms with E-state index in [-0.39, 0.29) is 0 Å². The molecular weight excluding hydrogens is 226 g/mol. The van der Waals surface area contributed by atoms with E-state index in [0.29, 0.717) is 0 Å². The molecular formula is C13H17N5. The highest BCUT2D eigenvalue weighted by molar-refractivity contribution is 5.96. The SMILES string of the molecule is CCCn1cnc2cc(NC3=NCCN3)ccc21. The van der Waals surface area contributed by atoms with Gasteiger partial charge in [0.1, 0.15) is 0 Å². The summed E-state index contributed by atoms with van der Waals surface area (Å²) in [4.78, 5) is 8.75. The monoisotopic (exact) mass is 243 g/mol. The summed E-state index contributed by atoms with van der Waals surface area (Å²) in [7, 11) is 0. The lowest BCUT2D eigenvalue weighted by molar-refractivity contribution is 0.697. The normalized spacial score (nSPS) is 14.6. The Bertz CT molecular complexity index is 584. The van der Waals surface area contributed by atoms with Gasteiger partial charge in [-0.15, -0.1) is 0 Å². The number of rotatable bonds is 3. The molecule has 18 heavy (non-hydrogen) atoms. The number of aromatic nitrogens is 2. The highest BCUT2D eigenvalue weighted by Gasteiger charge is 2.07. The molecule has 1 aromatic heterocycles. The Labute approximate surface area is 106 Å². The van der Waals surface area contributed by atoms with Crippen LogP contribution in [0.15, 0.2) is 29.5 Å². The van der Waals surface area contributed by atoms with Crippen molar-refractivity contribution in [3.63, 3.8) is 0 Å². The van der Waals surface area contributed by atoms with Gasteiger partial charge in [-0.05, 0) is 24.6 Å². The molecule has 3 rings (SSSR count). The number of nitrogens with one attached hydrogen (secondary N) is 2. The maximum atomic E-state index is 4.44. The molecule has 2 aromatic rings. The molecule has 0 fully saturated rings. The molecule has 1 aliphatic heterocycles. The van der Waals surface area contributed by atoms with E-state index in [1.807, 2.05) is 6.33 Å². The Morgan fingerprint density at radius 3 is 3.17 bits per heavy atom. The fourth-order valence-electron chi connectivity index (χ4n) is 2.18. The first-order chi connectivity index (χ1) is 8.86. The van der Waals surface area contributed by atoms with Crippen LogP contribution >= 0.6 is 0 Å². The van der Waals surface area contributed by atoms with Crippen molar-refractivity contribution in [1.82, 2.24) is 14.9 Å². The van der Waals surface area contributed by atoms with Gasteiger partial charge in [0.2, 0.25) is 0 Å². The van der Waals surface area contributed by atoms with E-state index < -0.39 is 0 Å². The number of imidazole rings is 1. The topological polar surface area (TPSA) is 54.2 Å². The molecule has 5 heteroatoms. The minimum Gasteiger partial charge on any atom is -0.354 e. The van der Waals surface area contributed by atoms with Crippen LogP contribution in [0.5, 0.6) is 0 Å². The Hall–Kier alpha value is -2.04. The van der Waals surface area contributed by atoms with E-state index in [9.17, 15) is 0 Å². The summed E-state index contributed by atoms with van der Waals surface area (Å²) in [5.74, 6) is 0.849. The third kappa shape index (κ3) is 2.03. The standard InChI is InChI=1S/C13H17N5/c1-2-7-18-9-16-11-8-10(3-4-12(11)18)17-13-14-5-6-15-13/h3-4,8-9H,2,5-7H2,1H3,(H2,14,15,17). The summed E-state index contributed by atoms with van der Waals surface area (Å²) in [5, 5.41) is 6.46. The fourth-order valence-corrected chi connectivity index (χ4v) is 2.18.